The van der Waals surface area contributed by atoms with Crippen molar-refractivity contribution in [1.82, 2.24) is 20.4 Å². The number of aryl methyl sites for hydroxylation is 1. The van der Waals surface area contributed by atoms with Crippen LogP contribution in [0, 0.1) is 5.82 Å². The second kappa shape index (κ2) is 7.62. The van der Waals surface area contributed by atoms with Gasteiger partial charge in [-0.1, -0.05) is 6.07 Å². The molecule has 0 radical (unpaired) electrons. The van der Waals surface area contributed by atoms with Crippen LogP contribution >= 0.6 is 0 Å². The van der Waals surface area contributed by atoms with E-state index in [1.165, 1.54) is 12.1 Å². The zero-order valence-electron chi connectivity index (χ0n) is 13.4. The lowest BCUT2D eigenvalue weighted by molar-refractivity contribution is 0.206. The Hall–Kier alpha value is -2.57. The summed E-state index contributed by atoms with van der Waals surface area (Å²) in [7, 11) is 1.82. The third kappa shape index (κ3) is 5.28. The number of nitrogens with zero attached hydrogens (tertiary/aromatic N) is 2. The van der Waals surface area contributed by atoms with E-state index < -0.39 is 0 Å². The first-order valence-electron chi connectivity index (χ1n) is 7.39. The molecule has 6 nitrogen and oxygen atoms in total. The van der Waals surface area contributed by atoms with Crippen molar-refractivity contribution in [2.75, 3.05) is 6.54 Å². The van der Waals surface area contributed by atoms with Gasteiger partial charge in [-0.05, 0) is 26.0 Å². The van der Waals surface area contributed by atoms with Gasteiger partial charge in [0.2, 0.25) is 0 Å². The third-order valence-corrected chi connectivity index (χ3v) is 3.26. The van der Waals surface area contributed by atoms with Crippen LogP contribution in [0.2, 0.25) is 0 Å². The molecule has 0 saturated heterocycles. The maximum absolute atomic E-state index is 13.1. The molecular weight excluding hydrogens is 299 g/mol. The Morgan fingerprint density at radius 1 is 1.43 bits per heavy atom. The minimum Gasteiger partial charge on any atom is -0.489 e. The van der Waals surface area contributed by atoms with Crippen molar-refractivity contribution >= 4 is 6.03 Å². The summed E-state index contributed by atoms with van der Waals surface area (Å²) in [6.07, 6.45) is 3.28. The molecule has 0 fully saturated rings. The predicted molar refractivity (Wildman–Crippen MR) is 84.6 cm³/mol. The summed E-state index contributed by atoms with van der Waals surface area (Å²) in [5.74, 6) is 0.0779. The molecule has 0 saturated carbocycles. The van der Waals surface area contributed by atoms with Crippen LogP contribution in [0.3, 0.4) is 0 Å². The molecule has 1 aromatic heterocycles. The molecule has 7 heteroatoms. The van der Waals surface area contributed by atoms with Crippen molar-refractivity contribution in [3.05, 3.63) is 48.0 Å². The van der Waals surface area contributed by atoms with E-state index >= 15 is 0 Å². The minimum absolute atomic E-state index is 0.150. The Labute approximate surface area is 134 Å². The monoisotopic (exact) mass is 320 g/mol. The maximum atomic E-state index is 13.1. The fourth-order valence-electron chi connectivity index (χ4n) is 2.05. The van der Waals surface area contributed by atoms with Gasteiger partial charge in [-0.25, -0.2) is 9.18 Å². The van der Waals surface area contributed by atoms with E-state index in [1.807, 2.05) is 20.2 Å². The van der Waals surface area contributed by atoms with Crippen LogP contribution < -0.4 is 15.4 Å². The average molecular weight is 320 g/mol. The smallest absolute Gasteiger partial charge is 0.315 e. The number of hydrogen-bond acceptors (Lipinski definition) is 3. The fourth-order valence-corrected chi connectivity index (χ4v) is 2.05. The summed E-state index contributed by atoms with van der Waals surface area (Å²) >= 11 is 0. The van der Waals surface area contributed by atoms with Crippen molar-refractivity contribution in [3.8, 4) is 5.75 Å². The van der Waals surface area contributed by atoms with Gasteiger partial charge in [-0.15, -0.1) is 0 Å². The molecule has 2 N–H and O–H groups in total. The highest BCUT2D eigenvalue weighted by Crippen LogP contribution is 2.13. The molecule has 1 aromatic carbocycles. The summed E-state index contributed by atoms with van der Waals surface area (Å²) in [5, 5.41) is 9.62. The number of rotatable bonds is 6. The van der Waals surface area contributed by atoms with Gasteiger partial charge in [-0.2, -0.15) is 5.10 Å². The van der Waals surface area contributed by atoms with E-state index in [9.17, 15) is 9.18 Å². The molecule has 23 heavy (non-hydrogen) atoms. The summed E-state index contributed by atoms with van der Waals surface area (Å²) in [4.78, 5) is 11.9. The topological polar surface area (TPSA) is 68.2 Å². The summed E-state index contributed by atoms with van der Waals surface area (Å²) in [6.45, 7) is 3.99. The first kappa shape index (κ1) is 16.8. The van der Waals surface area contributed by atoms with E-state index in [-0.39, 0.29) is 24.0 Å². The molecule has 1 heterocycles. The van der Waals surface area contributed by atoms with Gasteiger partial charge < -0.3 is 15.4 Å². The van der Waals surface area contributed by atoms with E-state index in [0.717, 1.165) is 5.56 Å². The van der Waals surface area contributed by atoms with Crippen molar-refractivity contribution in [2.24, 2.45) is 7.05 Å². The Balaban J connectivity index is 1.75. The van der Waals surface area contributed by atoms with Crippen LogP contribution in [0.25, 0.3) is 0 Å². The molecule has 2 atom stereocenters. The Kier molecular flexibility index (Phi) is 5.56. The highest BCUT2D eigenvalue weighted by Gasteiger charge is 2.12. The van der Waals surface area contributed by atoms with Crippen LogP contribution in [-0.4, -0.2) is 28.5 Å². The second-order valence-electron chi connectivity index (χ2n) is 5.41. The van der Waals surface area contributed by atoms with Crippen LogP contribution in [-0.2, 0) is 7.05 Å². The zero-order valence-corrected chi connectivity index (χ0v) is 13.4. The standard InChI is InChI=1S/C16H21FN4O2/c1-11(23-15-6-4-5-14(17)7-15)8-18-16(22)20-12(2)13-9-19-21(3)10-13/h4-7,9-12H,8H2,1-3H3,(H2,18,20,22)/t11-,12-/m0/s1. The molecule has 124 valence electrons. The van der Waals surface area contributed by atoms with Crippen LogP contribution in [0.15, 0.2) is 36.7 Å². The normalized spacial score (nSPS) is 13.2. The number of carbonyl (C=O) groups excluding carboxylic acids is 1. The Morgan fingerprint density at radius 2 is 2.22 bits per heavy atom. The van der Waals surface area contributed by atoms with E-state index in [0.29, 0.717) is 12.3 Å². The Morgan fingerprint density at radius 3 is 2.87 bits per heavy atom. The number of halogens is 1. The maximum Gasteiger partial charge on any atom is 0.315 e. The van der Waals surface area contributed by atoms with Crippen LogP contribution in [0.5, 0.6) is 5.75 Å². The number of aromatic nitrogens is 2. The molecule has 2 aromatic rings. The molecular formula is C16H21FN4O2. The van der Waals surface area contributed by atoms with Crippen molar-refractivity contribution in [2.45, 2.75) is 26.0 Å². The zero-order chi connectivity index (χ0) is 16.8. The van der Waals surface area contributed by atoms with Gasteiger partial charge in [-0.3, -0.25) is 4.68 Å². The van der Waals surface area contributed by atoms with Crippen LogP contribution in [0.1, 0.15) is 25.5 Å². The lowest BCUT2D eigenvalue weighted by Gasteiger charge is -2.17. The minimum atomic E-state index is -0.356. The highest BCUT2D eigenvalue weighted by atomic mass is 19.1. The fraction of sp³-hybridized carbons (Fsp3) is 0.375. The number of benzene rings is 1. The molecule has 0 aliphatic carbocycles. The van der Waals surface area contributed by atoms with Gasteiger partial charge >= 0.3 is 6.03 Å². The van der Waals surface area contributed by atoms with Crippen molar-refractivity contribution < 1.29 is 13.9 Å². The van der Waals surface area contributed by atoms with Gasteiger partial charge in [0.1, 0.15) is 17.7 Å². The van der Waals surface area contributed by atoms with Gasteiger partial charge in [0.25, 0.3) is 0 Å². The lowest BCUT2D eigenvalue weighted by Crippen LogP contribution is -2.41. The molecule has 0 aliphatic rings. The van der Waals surface area contributed by atoms with E-state index in [4.69, 9.17) is 4.74 Å². The number of nitrogens with one attached hydrogen (secondary N) is 2. The number of amides is 2. The lowest BCUT2D eigenvalue weighted by atomic mass is 10.2. The molecule has 0 bridgehead atoms. The third-order valence-electron chi connectivity index (χ3n) is 3.26. The second-order valence-corrected chi connectivity index (χ2v) is 5.41. The predicted octanol–water partition coefficient (Wildman–Crippen LogP) is 2.39. The summed E-state index contributed by atoms with van der Waals surface area (Å²) < 4.78 is 20.3. The number of ether oxygens (including phenoxy) is 1. The quantitative estimate of drug-likeness (QED) is 0.859. The SMILES string of the molecule is C[C@H](NC(=O)NC[C@H](C)Oc1cccc(F)c1)c1cnn(C)c1. The first-order chi connectivity index (χ1) is 10.9. The molecule has 0 unspecified atom stereocenters. The van der Waals surface area contributed by atoms with Crippen molar-refractivity contribution in [3.63, 3.8) is 0 Å². The van der Waals surface area contributed by atoms with Crippen LogP contribution in [0.4, 0.5) is 9.18 Å². The summed E-state index contributed by atoms with van der Waals surface area (Å²) in [6, 6.07) is 5.46. The number of carbonyl (C=O) groups is 1. The molecule has 2 rings (SSSR count). The first-order valence-corrected chi connectivity index (χ1v) is 7.39. The largest absolute Gasteiger partial charge is 0.489 e. The van der Waals surface area contributed by atoms with Crippen molar-refractivity contribution in [1.29, 1.82) is 0 Å². The summed E-state index contributed by atoms with van der Waals surface area (Å²) in [5.41, 5.74) is 0.923. The Bertz CT molecular complexity index is 659. The highest BCUT2D eigenvalue weighted by molar-refractivity contribution is 5.74. The van der Waals surface area contributed by atoms with E-state index in [1.54, 1.807) is 29.9 Å². The van der Waals surface area contributed by atoms with Gasteiger partial charge in [0.05, 0.1) is 18.8 Å². The molecule has 0 aliphatic heterocycles. The average Bonchev–Trinajstić information content (AvgIpc) is 2.92. The van der Waals surface area contributed by atoms with Gasteiger partial charge in [0.15, 0.2) is 0 Å². The molecule has 0 spiro atoms. The van der Waals surface area contributed by atoms with Gasteiger partial charge in [0, 0.05) is 24.9 Å². The number of urea groups is 1. The number of hydrogen-bond donors (Lipinski definition) is 2. The molecule has 2 amide bonds. The van der Waals surface area contributed by atoms with E-state index in [2.05, 4.69) is 15.7 Å².